The molecule has 3 aromatic rings. The topological polar surface area (TPSA) is 96.8 Å². The molecule has 2 heterocycles. The fourth-order valence-corrected chi connectivity index (χ4v) is 4.22. The molecular formula is C25H21ClN2O5. The first kappa shape index (κ1) is 22.5. The number of pyridine rings is 1. The standard InChI is InChI=1S/C25H21ClN2O5/c1-33-23-10-15(5-7-20(23)25(31)32)14-28-21(13-18-4-2-3-9-27-18)22(29)12-16-11-17(26)6-8-19(16)24(28)30/h2-11,21H,12-14H2,1H3,(H,31,32)/t21-/m1/s1. The van der Waals surface area contributed by atoms with Gasteiger partial charge in [0.25, 0.3) is 5.91 Å². The molecule has 33 heavy (non-hydrogen) atoms. The molecule has 0 saturated carbocycles. The maximum Gasteiger partial charge on any atom is 0.339 e. The molecule has 2 aromatic carbocycles. The van der Waals surface area contributed by atoms with Crippen molar-refractivity contribution in [3.05, 3.63) is 93.8 Å². The van der Waals surface area contributed by atoms with E-state index in [-0.39, 0.29) is 42.4 Å². The minimum Gasteiger partial charge on any atom is -0.496 e. The van der Waals surface area contributed by atoms with E-state index in [1.54, 1.807) is 42.6 Å². The van der Waals surface area contributed by atoms with Gasteiger partial charge in [-0.05, 0) is 53.6 Å². The molecule has 0 radical (unpaired) electrons. The minimum atomic E-state index is -1.11. The molecule has 0 aliphatic carbocycles. The predicted molar refractivity (Wildman–Crippen MR) is 122 cm³/mol. The smallest absolute Gasteiger partial charge is 0.339 e. The van der Waals surface area contributed by atoms with Gasteiger partial charge in [0.1, 0.15) is 11.3 Å². The number of aromatic carboxylic acids is 1. The fraction of sp³-hybridized carbons (Fsp3) is 0.200. The van der Waals surface area contributed by atoms with Crippen LogP contribution >= 0.6 is 11.6 Å². The Morgan fingerprint density at radius 1 is 1.18 bits per heavy atom. The van der Waals surface area contributed by atoms with E-state index in [0.29, 0.717) is 27.4 Å². The number of fused-ring (bicyclic) bond motifs is 1. The maximum absolute atomic E-state index is 13.6. The lowest BCUT2D eigenvalue weighted by Gasteiger charge is -2.29. The molecule has 0 unspecified atom stereocenters. The molecular weight excluding hydrogens is 444 g/mol. The Labute approximate surface area is 195 Å². The summed E-state index contributed by atoms with van der Waals surface area (Å²) in [6.45, 7) is 0.0976. The van der Waals surface area contributed by atoms with Gasteiger partial charge in [0.2, 0.25) is 0 Å². The van der Waals surface area contributed by atoms with Crippen molar-refractivity contribution in [2.45, 2.75) is 25.4 Å². The summed E-state index contributed by atoms with van der Waals surface area (Å²) >= 11 is 6.12. The van der Waals surface area contributed by atoms with Crippen LogP contribution in [0, 0.1) is 0 Å². The molecule has 1 N–H and O–H groups in total. The van der Waals surface area contributed by atoms with E-state index in [0.717, 1.165) is 0 Å². The van der Waals surface area contributed by atoms with Gasteiger partial charge >= 0.3 is 5.97 Å². The van der Waals surface area contributed by atoms with E-state index in [9.17, 15) is 19.5 Å². The third-order valence-electron chi connectivity index (χ3n) is 5.65. The summed E-state index contributed by atoms with van der Waals surface area (Å²) in [4.78, 5) is 44.2. The maximum atomic E-state index is 13.6. The minimum absolute atomic E-state index is 0.0181. The van der Waals surface area contributed by atoms with Crippen molar-refractivity contribution in [3.63, 3.8) is 0 Å². The first-order chi connectivity index (χ1) is 15.9. The van der Waals surface area contributed by atoms with E-state index in [2.05, 4.69) is 4.98 Å². The highest BCUT2D eigenvalue weighted by Crippen LogP contribution is 2.28. The van der Waals surface area contributed by atoms with Crippen molar-refractivity contribution in [2.24, 2.45) is 0 Å². The Bertz CT molecular complexity index is 1230. The number of hydrogen-bond donors (Lipinski definition) is 1. The van der Waals surface area contributed by atoms with E-state index >= 15 is 0 Å². The monoisotopic (exact) mass is 464 g/mol. The highest BCUT2D eigenvalue weighted by Gasteiger charge is 2.36. The van der Waals surface area contributed by atoms with Gasteiger partial charge in [0.15, 0.2) is 5.78 Å². The highest BCUT2D eigenvalue weighted by atomic mass is 35.5. The van der Waals surface area contributed by atoms with Gasteiger partial charge in [-0.25, -0.2) is 4.79 Å². The van der Waals surface area contributed by atoms with Gasteiger partial charge in [0, 0.05) is 41.9 Å². The van der Waals surface area contributed by atoms with Crippen LogP contribution in [0.25, 0.3) is 0 Å². The molecule has 1 aromatic heterocycles. The first-order valence-corrected chi connectivity index (χ1v) is 10.7. The molecule has 4 rings (SSSR count). The Morgan fingerprint density at radius 2 is 2.00 bits per heavy atom. The number of hydrogen-bond acceptors (Lipinski definition) is 5. The summed E-state index contributed by atoms with van der Waals surface area (Å²) < 4.78 is 5.23. The summed E-state index contributed by atoms with van der Waals surface area (Å²) in [7, 11) is 1.38. The Hall–Kier alpha value is -3.71. The lowest BCUT2D eigenvalue weighted by Crippen LogP contribution is -2.45. The van der Waals surface area contributed by atoms with Crippen LogP contribution in [0.4, 0.5) is 0 Å². The third kappa shape index (κ3) is 4.73. The highest BCUT2D eigenvalue weighted by molar-refractivity contribution is 6.30. The van der Waals surface area contributed by atoms with Crippen LogP contribution in [-0.4, -0.2) is 45.8 Å². The number of methoxy groups -OCH3 is 1. The largest absolute Gasteiger partial charge is 0.496 e. The number of nitrogens with zero attached hydrogens (tertiary/aromatic N) is 2. The third-order valence-corrected chi connectivity index (χ3v) is 5.88. The number of carbonyl (C=O) groups is 3. The van der Waals surface area contributed by atoms with Crippen LogP contribution in [0.5, 0.6) is 5.75 Å². The number of halogens is 1. The number of carbonyl (C=O) groups excluding carboxylic acids is 2. The fourth-order valence-electron chi connectivity index (χ4n) is 4.02. The summed E-state index contributed by atoms with van der Waals surface area (Å²) in [5, 5.41) is 9.81. The summed E-state index contributed by atoms with van der Waals surface area (Å²) in [6, 6.07) is 14.2. The molecule has 1 aliphatic rings. The Morgan fingerprint density at radius 3 is 2.70 bits per heavy atom. The number of benzene rings is 2. The first-order valence-electron chi connectivity index (χ1n) is 10.3. The van der Waals surface area contributed by atoms with Gasteiger partial charge < -0.3 is 14.7 Å². The second-order valence-electron chi connectivity index (χ2n) is 7.76. The van der Waals surface area contributed by atoms with Crippen molar-refractivity contribution < 1.29 is 24.2 Å². The number of Topliss-reactive ketones (excluding diaryl/α,β-unsaturated/α-hetero) is 1. The number of carboxylic acids is 1. The van der Waals surface area contributed by atoms with Gasteiger partial charge in [0.05, 0.1) is 13.2 Å². The van der Waals surface area contributed by atoms with Crippen molar-refractivity contribution >= 4 is 29.3 Å². The Kier molecular flexibility index (Phi) is 6.42. The van der Waals surface area contributed by atoms with Crippen LogP contribution < -0.4 is 4.74 Å². The number of rotatable bonds is 6. The SMILES string of the molecule is COc1cc(CN2C(=O)c3ccc(Cl)cc3CC(=O)[C@H]2Cc2ccccn2)ccc1C(=O)O. The van der Waals surface area contributed by atoms with E-state index in [1.807, 2.05) is 12.1 Å². The van der Waals surface area contributed by atoms with Gasteiger partial charge in [-0.2, -0.15) is 0 Å². The molecule has 8 heteroatoms. The average molecular weight is 465 g/mol. The summed E-state index contributed by atoms with van der Waals surface area (Å²) in [5.74, 6) is -1.35. The van der Waals surface area contributed by atoms with Gasteiger partial charge in [-0.15, -0.1) is 0 Å². The molecule has 0 spiro atoms. The molecule has 0 bridgehead atoms. The molecule has 1 amide bonds. The van der Waals surface area contributed by atoms with Crippen molar-refractivity contribution in [2.75, 3.05) is 7.11 Å². The van der Waals surface area contributed by atoms with Crippen LogP contribution in [0.15, 0.2) is 60.8 Å². The van der Waals surface area contributed by atoms with Gasteiger partial charge in [-0.3, -0.25) is 14.6 Å². The lowest BCUT2D eigenvalue weighted by molar-refractivity contribution is -0.122. The van der Waals surface area contributed by atoms with E-state index in [4.69, 9.17) is 16.3 Å². The van der Waals surface area contributed by atoms with Gasteiger partial charge in [-0.1, -0.05) is 23.7 Å². The van der Waals surface area contributed by atoms with Crippen LogP contribution in [-0.2, 0) is 24.2 Å². The van der Waals surface area contributed by atoms with Crippen LogP contribution in [0.2, 0.25) is 5.02 Å². The second-order valence-corrected chi connectivity index (χ2v) is 8.19. The molecule has 168 valence electrons. The number of aromatic nitrogens is 1. The zero-order chi connectivity index (χ0) is 23.5. The second kappa shape index (κ2) is 9.42. The molecule has 1 aliphatic heterocycles. The lowest BCUT2D eigenvalue weighted by atomic mass is 9.99. The zero-order valence-corrected chi connectivity index (χ0v) is 18.6. The van der Waals surface area contributed by atoms with Crippen molar-refractivity contribution in [1.29, 1.82) is 0 Å². The summed E-state index contributed by atoms with van der Waals surface area (Å²) in [6.07, 6.45) is 1.99. The summed E-state index contributed by atoms with van der Waals surface area (Å²) in [5.41, 5.74) is 2.36. The van der Waals surface area contributed by atoms with Crippen molar-refractivity contribution in [1.82, 2.24) is 9.88 Å². The van der Waals surface area contributed by atoms with Crippen LogP contribution in [0.3, 0.4) is 0 Å². The van der Waals surface area contributed by atoms with E-state index in [1.165, 1.54) is 18.1 Å². The predicted octanol–water partition coefficient (Wildman–Crippen LogP) is 3.82. The number of ketones is 1. The molecule has 0 saturated heterocycles. The molecule has 0 fully saturated rings. The molecule has 1 atom stereocenters. The average Bonchev–Trinajstić information content (AvgIpc) is 2.89. The quantitative estimate of drug-likeness (QED) is 0.595. The van der Waals surface area contributed by atoms with Crippen molar-refractivity contribution in [3.8, 4) is 5.75 Å². The molecule has 7 nitrogen and oxygen atoms in total. The normalized spacial score (nSPS) is 15.7. The number of ether oxygens (including phenoxy) is 1. The zero-order valence-electron chi connectivity index (χ0n) is 17.8. The number of amides is 1. The van der Waals surface area contributed by atoms with E-state index < -0.39 is 12.0 Å². The Balaban J connectivity index is 1.76. The van der Waals surface area contributed by atoms with Crippen LogP contribution in [0.1, 0.15) is 37.5 Å². The number of carboxylic acid groups (broad SMARTS) is 1.